The van der Waals surface area contributed by atoms with E-state index in [1.54, 1.807) is 31.2 Å². The SMILES string of the molecule is COC(=O)c1nc(Cn2nc(-c3ccc(Cl)cc3)n(CCC(F)(F)F)c2=O)nn1-c1ncccc1C. The number of pyridine rings is 1. The highest BCUT2D eigenvalue weighted by atomic mass is 35.5. The minimum atomic E-state index is -4.48. The number of ether oxygens (including phenoxy) is 1. The first-order valence-electron chi connectivity index (χ1n) is 10.5. The van der Waals surface area contributed by atoms with Crippen molar-refractivity contribution < 1.29 is 22.7 Å². The summed E-state index contributed by atoms with van der Waals surface area (Å²) >= 11 is 5.92. The predicted octanol–water partition coefficient (Wildman–Crippen LogP) is 3.44. The number of rotatable bonds is 7. The molecule has 0 bridgehead atoms. The van der Waals surface area contributed by atoms with Crippen molar-refractivity contribution in [3.63, 3.8) is 0 Å². The summed E-state index contributed by atoms with van der Waals surface area (Å²) in [5.41, 5.74) is 0.294. The standard InChI is InChI=1S/C22H19ClF3N7O3/c1-13-4-3-10-27-17(13)33-19(20(34)36-2)28-16(29-33)12-32-21(35)31(11-9-22(24,25)26)18(30-32)14-5-7-15(23)8-6-14/h3-8,10H,9,11-12H2,1-2H3. The summed E-state index contributed by atoms with van der Waals surface area (Å²) in [6.07, 6.45) is -4.19. The van der Waals surface area contributed by atoms with E-state index in [9.17, 15) is 22.8 Å². The normalized spacial score (nSPS) is 11.6. The Balaban J connectivity index is 1.77. The number of hydrogen-bond acceptors (Lipinski definition) is 7. The lowest BCUT2D eigenvalue weighted by Crippen LogP contribution is -2.27. The van der Waals surface area contributed by atoms with E-state index in [2.05, 4.69) is 20.2 Å². The predicted molar refractivity (Wildman–Crippen MR) is 122 cm³/mol. The first kappa shape index (κ1) is 25.1. The van der Waals surface area contributed by atoms with Crippen molar-refractivity contribution in [2.75, 3.05) is 7.11 Å². The average molecular weight is 522 g/mol. The molecule has 4 aromatic rings. The van der Waals surface area contributed by atoms with Crippen molar-refractivity contribution in [2.24, 2.45) is 0 Å². The lowest BCUT2D eigenvalue weighted by molar-refractivity contribution is -0.136. The van der Waals surface area contributed by atoms with Gasteiger partial charge in [0, 0.05) is 23.3 Å². The van der Waals surface area contributed by atoms with Crippen LogP contribution >= 0.6 is 11.6 Å². The number of hydrogen-bond donors (Lipinski definition) is 0. The fraction of sp³-hybridized carbons (Fsp3) is 0.273. The molecule has 0 unspecified atom stereocenters. The molecule has 0 amide bonds. The van der Waals surface area contributed by atoms with E-state index in [1.165, 1.54) is 30.1 Å². The Morgan fingerprint density at radius 1 is 1.14 bits per heavy atom. The fourth-order valence-corrected chi connectivity index (χ4v) is 3.55. The van der Waals surface area contributed by atoms with Gasteiger partial charge in [-0.15, -0.1) is 10.2 Å². The number of nitrogens with zero attached hydrogens (tertiary/aromatic N) is 7. The lowest BCUT2D eigenvalue weighted by Gasteiger charge is -2.08. The summed E-state index contributed by atoms with van der Waals surface area (Å²) < 4.78 is 46.6. The first-order valence-corrected chi connectivity index (χ1v) is 10.9. The summed E-state index contributed by atoms with van der Waals surface area (Å²) in [5, 5.41) is 8.94. The highest BCUT2D eigenvalue weighted by Crippen LogP contribution is 2.23. The van der Waals surface area contributed by atoms with Crippen LogP contribution in [0.4, 0.5) is 13.2 Å². The van der Waals surface area contributed by atoms with Gasteiger partial charge < -0.3 is 4.74 Å². The maximum Gasteiger partial charge on any atom is 0.390 e. The van der Waals surface area contributed by atoms with Crippen LogP contribution in [0.3, 0.4) is 0 Å². The largest absolute Gasteiger partial charge is 0.463 e. The Morgan fingerprint density at radius 3 is 2.50 bits per heavy atom. The zero-order valence-corrected chi connectivity index (χ0v) is 19.8. The number of carbonyl (C=O) groups is 1. The van der Waals surface area contributed by atoms with Crippen LogP contribution in [0.15, 0.2) is 47.4 Å². The van der Waals surface area contributed by atoms with E-state index in [4.69, 9.17) is 16.3 Å². The number of methoxy groups -OCH3 is 1. The van der Waals surface area contributed by atoms with Crippen molar-refractivity contribution >= 4 is 17.6 Å². The molecule has 0 saturated carbocycles. The minimum absolute atomic E-state index is 0.00526. The number of benzene rings is 1. The Hall–Kier alpha value is -4.00. The minimum Gasteiger partial charge on any atom is -0.463 e. The van der Waals surface area contributed by atoms with Gasteiger partial charge in [0.1, 0.15) is 6.54 Å². The molecule has 0 saturated heterocycles. The number of halogens is 4. The van der Waals surface area contributed by atoms with Gasteiger partial charge >= 0.3 is 17.8 Å². The maximum absolute atomic E-state index is 13.1. The highest BCUT2D eigenvalue weighted by Gasteiger charge is 2.29. The average Bonchev–Trinajstić information content (AvgIpc) is 3.39. The van der Waals surface area contributed by atoms with E-state index in [0.717, 1.165) is 9.25 Å². The number of esters is 1. The van der Waals surface area contributed by atoms with Crippen LogP contribution in [0.25, 0.3) is 17.2 Å². The molecular formula is C22H19ClF3N7O3. The van der Waals surface area contributed by atoms with Gasteiger partial charge in [-0.05, 0) is 42.8 Å². The molecule has 0 aliphatic rings. The summed E-state index contributed by atoms with van der Waals surface area (Å²) in [6, 6.07) is 9.64. The quantitative estimate of drug-likeness (QED) is 0.343. The topological polar surface area (TPSA) is 110 Å². The Kier molecular flexibility index (Phi) is 6.93. The maximum atomic E-state index is 13.1. The van der Waals surface area contributed by atoms with Crippen molar-refractivity contribution in [1.82, 2.24) is 34.1 Å². The van der Waals surface area contributed by atoms with Crippen LogP contribution < -0.4 is 5.69 Å². The highest BCUT2D eigenvalue weighted by molar-refractivity contribution is 6.30. The fourth-order valence-electron chi connectivity index (χ4n) is 3.42. The van der Waals surface area contributed by atoms with Crippen molar-refractivity contribution in [2.45, 2.75) is 32.6 Å². The van der Waals surface area contributed by atoms with E-state index < -0.39 is 30.8 Å². The smallest absolute Gasteiger partial charge is 0.390 e. The van der Waals surface area contributed by atoms with Gasteiger partial charge in [-0.1, -0.05) is 17.7 Å². The van der Waals surface area contributed by atoms with Gasteiger partial charge in [0.05, 0.1) is 13.5 Å². The second-order valence-electron chi connectivity index (χ2n) is 7.69. The Bertz CT molecular complexity index is 1460. The summed E-state index contributed by atoms with van der Waals surface area (Å²) in [5.74, 6) is -0.623. The Morgan fingerprint density at radius 2 is 1.86 bits per heavy atom. The van der Waals surface area contributed by atoms with Crippen LogP contribution in [0.5, 0.6) is 0 Å². The monoisotopic (exact) mass is 521 g/mol. The van der Waals surface area contributed by atoms with Gasteiger partial charge in [0.25, 0.3) is 0 Å². The van der Waals surface area contributed by atoms with Gasteiger partial charge in [-0.3, -0.25) is 4.57 Å². The molecule has 4 rings (SSSR count). The van der Waals surface area contributed by atoms with E-state index in [-0.39, 0.29) is 24.0 Å². The molecule has 188 valence electrons. The molecule has 14 heteroatoms. The van der Waals surface area contributed by atoms with E-state index >= 15 is 0 Å². The van der Waals surface area contributed by atoms with Crippen LogP contribution in [0, 0.1) is 6.92 Å². The van der Waals surface area contributed by atoms with Crippen molar-refractivity contribution in [3.05, 3.63) is 75.3 Å². The summed E-state index contributed by atoms with van der Waals surface area (Å²) in [7, 11) is 1.18. The van der Waals surface area contributed by atoms with E-state index in [1.807, 2.05) is 0 Å². The zero-order chi connectivity index (χ0) is 26.0. The molecule has 0 aliphatic heterocycles. The first-order chi connectivity index (χ1) is 17.1. The number of aryl methyl sites for hydroxylation is 1. The molecule has 1 aromatic carbocycles. The molecule has 0 atom stereocenters. The van der Waals surface area contributed by atoms with Crippen LogP contribution in [-0.2, 0) is 17.8 Å². The van der Waals surface area contributed by atoms with Crippen LogP contribution in [-0.4, -0.2) is 53.4 Å². The second kappa shape index (κ2) is 9.93. The molecule has 36 heavy (non-hydrogen) atoms. The Labute approximate surface area is 206 Å². The van der Waals surface area contributed by atoms with Gasteiger partial charge in [-0.25, -0.2) is 24.2 Å². The van der Waals surface area contributed by atoms with Crippen LogP contribution in [0.1, 0.15) is 28.4 Å². The second-order valence-corrected chi connectivity index (χ2v) is 8.12. The molecule has 3 aromatic heterocycles. The van der Waals surface area contributed by atoms with E-state index in [0.29, 0.717) is 22.0 Å². The molecule has 3 heterocycles. The lowest BCUT2D eigenvalue weighted by atomic mass is 10.2. The van der Waals surface area contributed by atoms with Crippen molar-refractivity contribution in [1.29, 1.82) is 0 Å². The molecule has 0 radical (unpaired) electrons. The number of carbonyl (C=O) groups excluding carboxylic acids is 1. The van der Waals surface area contributed by atoms with Gasteiger partial charge in [0.2, 0.25) is 5.82 Å². The van der Waals surface area contributed by atoms with Crippen LogP contribution in [0.2, 0.25) is 5.02 Å². The third-order valence-electron chi connectivity index (χ3n) is 5.14. The molecule has 0 spiro atoms. The molecule has 0 fully saturated rings. The summed E-state index contributed by atoms with van der Waals surface area (Å²) in [4.78, 5) is 33.8. The molecular weight excluding hydrogens is 503 g/mol. The number of aromatic nitrogens is 7. The van der Waals surface area contributed by atoms with Gasteiger partial charge in [-0.2, -0.15) is 17.9 Å². The molecule has 0 N–H and O–H groups in total. The summed E-state index contributed by atoms with van der Waals surface area (Å²) in [6.45, 7) is 0.806. The third kappa shape index (κ3) is 5.30. The molecule has 10 nitrogen and oxygen atoms in total. The zero-order valence-electron chi connectivity index (χ0n) is 19.0. The molecule has 0 aliphatic carbocycles. The van der Waals surface area contributed by atoms with Crippen molar-refractivity contribution in [3.8, 4) is 17.2 Å². The number of alkyl halides is 3. The van der Waals surface area contributed by atoms with Gasteiger partial charge in [0.15, 0.2) is 17.5 Å². The third-order valence-corrected chi connectivity index (χ3v) is 5.39.